The van der Waals surface area contributed by atoms with Gasteiger partial charge in [0, 0.05) is 27.7 Å². The van der Waals surface area contributed by atoms with E-state index in [-0.39, 0.29) is 12.1 Å². The highest BCUT2D eigenvalue weighted by Gasteiger charge is 2.42. The van der Waals surface area contributed by atoms with Crippen LogP contribution in [0.3, 0.4) is 0 Å². The number of aromatic nitrogens is 2. The third-order valence-corrected chi connectivity index (χ3v) is 8.44. The van der Waals surface area contributed by atoms with Gasteiger partial charge in [0.2, 0.25) is 0 Å². The van der Waals surface area contributed by atoms with E-state index in [9.17, 15) is 0 Å². The van der Waals surface area contributed by atoms with E-state index in [1.165, 1.54) is 39.3 Å². The van der Waals surface area contributed by atoms with Gasteiger partial charge in [0.15, 0.2) is 5.11 Å². The molecule has 0 saturated carbocycles. The minimum Gasteiger partial charge on any atom is -0.351 e. The zero-order valence-electron chi connectivity index (χ0n) is 21.3. The molecule has 0 amide bonds. The summed E-state index contributed by atoms with van der Waals surface area (Å²) in [5.41, 5.74) is 10.9. The molecule has 0 unspecified atom stereocenters. The van der Waals surface area contributed by atoms with Crippen LogP contribution in [0.4, 0.5) is 5.69 Å². The van der Waals surface area contributed by atoms with E-state index in [1.807, 2.05) is 18.3 Å². The van der Waals surface area contributed by atoms with Crippen LogP contribution in [0.25, 0.3) is 5.69 Å². The zero-order chi connectivity index (χ0) is 25.6. The molecule has 2 aromatic heterocycles. The molecule has 5 rings (SSSR count). The third-order valence-electron chi connectivity index (χ3n) is 7.23. The van der Waals surface area contributed by atoms with Crippen LogP contribution in [-0.4, -0.2) is 14.7 Å². The summed E-state index contributed by atoms with van der Waals surface area (Å²) >= 11 is 9.61. The molecule has 184 valence electrons. The Hall–Kier alpha value is -2.96. The number of pyridine rings is 1. The van der Waals surface area contributed by atoms with Crippen LogP contribution in [-0.2, 0) is 6.42 Å². The molecule has 0 radical (unpaired) electrons. The van der Waals surface area contributed by atoms with Crippen LogP contribution in [0.5, 0.6) is 0 Å². The lowest BCUT2D eigenvalue weighted by atomic mass is 9.96. The average Bonchev–Trinajstić information content (AvgIpc) is 3.36. The van der Waals surface area contributed by atoms with Gasteiger partial charge >= 0.3 is 0 Å². The summed E-state index contributed by atoms with van der Waals surface area (Å²) in [4.78, 5) is 6.99. The highest BCUT2D eigenvalue weighted by atomic mass is 79.9. The molecule has 4 nitrogen and oxygen atoms in total. The standard InChI is InChI=1S/C30H31BrN4S/c1-6-22-11-9-10-18(2)28(22)34-20(4)17-24(21(34)5)29-27(26-12-7-8-15-32-26)33-30(36)35(29)23-13-14-25(31)19(3)16-23/h7-17,27,29H,6H2,1-5H3,(H,33,36)/t27-,29+/m0/s1. The number of nitrogens with zero attached hydrogens (tertiary/aromatic N) is 3. The van der Waals surface area contributed by atoms with E-state index in [0.29, 0.717) is 5.11 Å². The highest BCUT2D eigenvalue weighted by molar-refractivity contribution is 9.10. The molecule has 2 atom stereocenters. The molecule has 1 aliphatic heterocycles. The molecule has 4 aromatic rings. The topological polar surface area (TPSA) is 33.1 Å². The van der Waals surface area contributed by atoms with Gasteiger partial charge in [-0.25, -0.2) is 0 Å². The van der Waals surface area contributed by atoms with E-state index in [4.69, 9.17) is 17.2 Å². The van der Waals surface area contributed by atoms with Crippen molar-refractivity contribution in [3.8, 4) is 5.69 Å². The molecule has 1 N–H and O–H groups in total. The molecule has 2 aromatic carbocycles. The number of hydrogen-bond donors (Lipinski definition) is 1. The van der Waals surface area contributed by atoms with Gasteiger partial charge in [-0.2, -0.15) is 0 Å². The fourth-order valence-electron chi connectivity index (χ4n) is 5.48. The number of para-hydroxylation sites is 1. The largest absolute Gasteiger partial charge is 0.351 e. The summed E-state index contributed by atoms with van der Waals surface area (Å²) < 4.78 is 3.51. The minimum absolute atomic E-state index is 0.0398. The molecule has 0 bridgehead atoms. The number of aryl methyl sites for hydroxylation is 4. The van der Waals surface area contributed by atoms with Crippen molar-refractivity contribution in [2.24, 2.45) is 0 Å². The van der Waals surface area contributed by atoms with Gasteiger partial charge in [0.05, 0.1) is 23.5 Å². The van der Waals surface area contributed by atoms with Gasteiger partial charge in [0.1, 0.15) is 0 Å². The third kappa shape index (κ3) is 4.16. The quantitative estimate of drug-likeness (QED) is 0.255. The number of thiocarbonyl (C=S) groups is 1. The van der Waals surface area contributed by atoms with Crippen molar-refractivity contribution in [1.82, 2.24) is 14.9 Å². The SMILES string of the molecule is CCc1cccc(C)c1-n1c(C)cc([C@@H]2[C@H](c3ccccn3)NC(=S)N2c2ccc(Br)c(C)c2)c1C. The van der Waals surface area contributed by atoms with Gasteiger partial charge in [-0.1, -0.05) is 47.1 Å². The van der Waals surface area contributed by atoms with Gasteiger partial charge < -0.3 is 14.8 Å². The molecular formula is C30H31BrN4S. The predicted octanol–water partition coefficient (Wildman–Crippen LogP) is 7.61. The molecule has 36 heavy (non-hydrogen) atoms. The summed E-state index contributed by atoms with van der Waals surface area (Å²) in [5.74, 6) is 0. The molecule has 1 fully saturated rings. The summed E-state index contributed by atoms with van der Waals surface area (Å²) in [6.45, 7) is 11.0. The summed E-state index contributed by atoms with van der Waals surface area (Å²) in [6.07, 6.45) is 2.84. The lowest BCUT2D eigenvalue weighted by Gasteiger charge is -2.29. The van der Waals surface area contributed by atoms with Crippen molar-refractivity contribution in [3.63, 3.8) is 0 Å². The van der Waals surface area contributed by atoms with Crippen LogP contribution in [0.15, 0.2) is 71.3 Å². The van der Waals surface area contributed by atoms with Gasteiger partial charge in [-0.3, -0.25) is 4.98 Å². The van der Waals surface area contributed by atoms with Crippen molar-refractivity contribution in [2.75, 3.05) is 4.90 Å². The van der Waals surface area contributed by atoms with Crippen molar-refractivity contribution in [2.45, 2.75) is 53.1 Å². The molecule has 0 spiro atoms. The van der Waals surface area contributed by atoms with Crippen LogP contribution in [0, 0.1) is 27.7 Å². The van der Waals surface area contributed by atoms with E-state index >= 15 is 0 Å². The minimum atomic E-state index is -0.0703. The Kier molecular flexibility index (Phi) is 6.75. The number of hydrogen-bond acceptors (Lipinski definition) is 2. The Morgan fingerprint density at radius 3 is 2.47 bits per heavy atom. The van der Waals surface area contributed by atoms with Gasteiger partial charge in [-0.15, -0.1) is 0 Å². The lowest BCUT2D eigenvalue weighted by molar-refractivity contribution is 0.565. The first-order valence-electron chi connectivity index (χ1n) is 12.4. The first-order chi connectivity index (χ1) is 17.3. The number of nitrogens with one attached hydrogen (secondary N) is 1. The summed E-state index contributed by atoms with van der Waals surface area (Å²) in [7, 11) is 0. The average molecular weight is 560 g/mol. The Morgan fingerprint density at radius 2 is 1.78 bits per heavy atom. The predicted molar refractivity (Wildman–Crippen MR) is 156 cm³/mol. The van der Waals surface area contributed by atoms with Crippen LogP contribution < -0.4 is 10.2 Å². The number of benzene rings is 2. The van der Waals surface area contributed by atoms with E-state index in [0.717, 1.165) is 22.3 Å². The van der Waals surface area contributed by atoms with E-state index in [1.54, 1.807) is 0 Å². The maximum absolute atomic E-state index is 5.96. The smallest absolute Gasteiger partial charge is 0.174 e. The molecule has 0 aliphatic carbocycles. The zero-order valence-corrected chi connectivity index (χ0v) is 23.7. The van der Waals surface area contributed by atoms with Crippen molar-refractivity contribution in [3.05, 3.63) is 111 Å². The molecule has 3 heterocycles. The monoisotopic (exact) mass is 558 g/mol. The van der Waals surface area contributed by atoms with Gasteiger partial charge in [-0.05, 0) is 105 Å². The first kappa shape index (κ1) is 24.7. The Morgan fingerprint density at radius 1 is 0.972 bits per heavy atom. The van der Waals surface area contributed by atoms with Crippen molar-refractivity contribution >= 4 is 38.9 Å². The fraction of sp³-hybridized carbons (Fsp3) is 0.267. The van der Waals surface area contributed by atoms with Crippen LogP contribution in [0.1, 0.15) is 58.3 Å². The molecule has 6 heteroatoms. The Bertz CT molecular complexity index is 1440. The molecule has 1 aliphatic rings. The van der Waals surface area contributed by atoms with Crippen molar-refractivity contribution < 1.29 is 0 Å². The van der Waals surface area contributed by atoms with Crippen molar-refractivity contribution in [1.29, 1.82) is 0 Å². The van der Waals surface area contributed by atoms with Gasteiger partial charge in [0.25, 0.3) is 0 Å². The number of halogens is 1. The maximum Gasteiger partial charge on any atom is 0.174 e. The Balaban J connectivity index is 1.72. The number of anilines is 1. The fourth-order valence-corrected chi connectivity index (χ4v) is 6.08. The lowest BCUT2D eigenvalue weighted by Crippen LogP contribution is -2.29. The normalized spacial score (nSPS) is 17.5. The highest BCUT2D eigenvalue weighted by Crippen LogP contribution is 2.44. The number of rotatable bonds is 5. The van der Waals surface area contributed by atoms with E-state index in [2.05, 4.69) is 114 Å². The maximum atomic E-state index is 5.96. The second-order valence-corrected chi connectivity index (χ2v) is 10.8. The van der Waals surface area contributed by atoms with Crippen LogP contribution in [0.2, 0.25) is 0 Å². The van der Waals surface area contributed by atoms with E-state index < -0.39 is 0 Å². The Labute approximate surface area is 227 Å². The molecular weight excluding hydrogens is 528 g/mol. The summed E-state index contributed by atoms with van der Waals surface area (Å²) in [5, 5.41) is 4.32. The van der Waals surface area contributed by atoms with Crippen LogP contribution >= 0.6 is 28.1 Å². The summed E-state index contributed by atoms with van der Waals surface area (Å²) in [6, 6.07) is 21.3. The second kappa shape index (κ2) is 9.83. The first-order valence-corrected chi connectivity index (χ1v) is 13.6. The molecule has 1 saturated heterocycles. The second-order valence-electron chi connectivity index (χ2n) is 9.53.